The van der Waals surface area contributed by atoms with Crippen LogP contribution in [0.2, 0.25) is 0 Å². The molecule has 3 aliphatic heterocycles. The molecule has 0 saturated carbocycles. The van der Waals surface area contributed by atoms with Crippen molar-refractivity contribution in [2.45, 2.75) is 63.5 Å². The van der Waals surface area contributed by atoms with E-state index in [-0.39, 0.29) is 63.3 Å². The van der Waals surface area contributed by atoms with Gasteiger partial charge in [-0.15, -0.1) is 0 Å². The summed E-state index contributed by atoms with van der Waals surface area (Å²) < 4.78 is 65.6. The number of nitrogens with one attached hydrogen (secondary N) is 2. The van der Waals surface area contributed by atoms with E-state index in [2.05, 4.69) is 25.5 Å². The number of alkyl halides is 3. The minimum atomic E-state index is -4.81. The van der Waals surface area contributed by atoms with Crippen LogP contribution in [0.1, 0.15) is 72.3 Å². The molecule has 10 rings (SSSR count). The number of aliphatic hydroxyl groups excluding tert-OH is 1. The van der Waals surface area contributed by atoms with Crippen molar-refractivity contribution < 1.29 is 37.1 Å². The second kappa shape index (κ2) is 18.1. The number of hydrogen-bond acceptors (Lipinski definition) is 10. The molecule has 3 amide bonds. The number of aromatic nitrogens is 6. The van der Waals surface area contributed by atoms with Crippen LogP contribution >= 0.6 is 0 Å². The number of amides is 3. The lowest BCUT2D eigenvalue weighted by Gasteiger charge is -2.47. The smallest absolute Gasteiger partial charge is 0.374 e. The SMILES string of the molecule is Cn1ncn(-c2ccc(-c3cc4cc(C(F)(F)F)cc(C(=O)Nc5ccc(F)c(C(N)O)c5)c4n3CCN3CCC4(CC3)CCN(c3ccc5c(c3)n(C)c(=O)n5C3CCC(=O)NC3=O)CC4)cc2)c1=O. The number of nitrogens with two attached hydrogens (primary N) is 1. The molecule has 4 aromatic carbocycles. The zero-order valence-corrected chi connectivity index (χ0v) is 38.9. The summed E-state index contributed by atoms with van der Waals surface area (Å²) >= 11 is 0. The van der Waals surface area contributed by atoms with Gasteiger partial charge >= 0.3 is 17.6 Å². The molecule has 2 unspecified atom stereocenters. The number of carbonyl (C=O) groups is 3. The standard InChI is InChI=1S/C50H51F4N11O6/c1-59-41-27-34(8-10-38(41)65(47(59)70)39-11-12-42(66)58-46(39)69)62-19-15-49(16-20-62)13-17-61(18-14-49)21-22-63-40(29-3-6-33(7-4-29)64-28-56-60(2)48(64)71)24-30-23-31(50(52,53)54)25-36(43(30)63)45(68)57-32-5-9-37(51)35(26-32)44(55)67/h3-10,23-28,39,44,67H,11-22,55H2,1-2H3,(H,57,68)(H,58,66,69). The molecule has 3 aromatic heterocycles. The lowest BCUT2D eigenvalue weighted by Crippen LogP contribution is -2.47. The lowest BCUT2D eigenvalue weighted by atomic mass is 9.71. The number of imide groups is 1. The molecule has 370 valence electrons. The summed E-state index contributed by atoms with van der Waals surface area (Å²) in [5, 5.41) is 19.1. The maximum absolute atomic E-state index is 14.6. The first-order valence-electron chi connectivity index (χ1n) is 23.4. The molecule has 0 radical (unpaired) electrons. The van der Waals surface area contributed by atoms with Crippen LogP contribution in [0.3, 0.4) is 0 Å². The first kappa shape index (κ1) is 47.3. The van der Waals surface area contributed by atoms with Crippen LogP contribution in [0.25, 0.3) is 38.9 Å². The fourth-order valence-electron chi connectivity index (χ4n) is 10.6. The molecule has 71 heavy (non-hydrogen) atoms. The Hall–Kier alpha value is -7.36. The van der Waals surface area contributed by atoms with E-state index < -0.39 is 41.6 Å². The number of fused-ring (bicyclic) bond motifs is 2. The van der Waals surface area contributed by atoms with Gasteiger partial charge in [0, 0.05) is 74.7 Å². The van der Waals surface area contributed by atoms with E-state index in [1.54, 1.807) is 41.9 Å². The van der Waals surface area contributed by atoms with Crippen LogP contribution in [0.4, 0.5) is 28.9 Å². The van der Waals surface area contributed by atoms with Crippen molar-refractivity contribution in [3.8, 4) is 16.9 Å². The molecule has 2 atom stereocenters. The highest BCUT2D eigenvalue weighted by Crippen LogP contribution is 2.43. The fraction of sp³-hybridized carbons (Fsp3) is 0.360. The summed E-state index contributed by atoms with van der Waals surface area (Å²) in [5.41, 5.74) is 7.61. The van der Waals surface area contributed by atoms with Gasteiger partial charge in [0.2, 0.25) is 11.8 Å². The number of aliphatic hydroxyl groups is 1. The normalized spacial score (nSPS) is 18.1. The third-order valence-corrected chi connectivity index (χ3v) is 14.7. The Morgan fingerprint density at radius 3 is 2.24 bits per heavy atom. The van der Waals surface area contributed by atoms with Crippen molar-refractivity contribution in [2.75, 3.05) is 42.9 Å². The number of nitrogens with zero attached hydrogens (tertiary/aromatic N) is 8. The second-order valence-corrected chi connectivity index (χ2v) is 18.9. The van der Waals surface area contributed by atoms with Gasteiger partial charge in [-0.25, -0.2) is 23.2 Å². The summed E-state index contributed by atoms with van der Waals surface area (Å²) in [6.07, 6.45) is -0.961. The Balaban J connectivity index is 0.895. The van der Waals surface area contributed by atoms with Crippen LogP contribution in [0.15, 0.2) is 94.8 Å². The van der Waals surface area contributed by atoms with Gasteiger partial charge in [0.1, 0.15) is 24.4 Å². The fourth-order valence-corrected chi connectivity index (χ4v) is 10.6. The minimum absolute atomic E-state index is 0.0174. The van der Waals surface area contributed by atoms with E-state index in [1.807, 2.05) is 22.8 Å². The second-order valence-electron chi connectivity index (χ2n) is 18.9. The van der Waals surface area contributed by atoms with Crippen molar-refractivity contribution in [2.24, 2.45) is 25.2 Å². The summed E-state index contributed by atoms with van der Waals surface area (Å²) in [4.78, 5) is 69.5. The van der Waals surface area contributed by atoms with E-state index >= 15 is 0 Å². The lowest BCUT2D eigenvalue weighted by molar-refractivity contribution is -0.138. The monoisotopic (exact) mass is 977 g/mol. The number of hydrogen-bond donors (Lipinski definition) is 4. The van der Waals surface area contributed by atoms with Gasteiger partial charge in [0.25, 0.3) is 5.91 Å². The van der Waals surface area contributed by atoms with Gasteiger partial charge in [0.05, 0.1) is 33.4 Å². The molecule has 5 N–H and O–H groups in total. The molecule has 21 heteroatoms. The van der Waals surface area contributed by atoms with Gasteiger partial charge in [-0.1, -0.05) is 12.1 Å². The average molecular weight is 978 g/mol. The molecular weight excluding hydrogens is 927 g/mol. The van der Waals surface area contributed by atoms with Crippen molar-refractivity contribution >= 4 is 51.0 Å². The van der Waals surface area contributed by atoms with Crippen molar-refractivity contribution in [3.63, 3.8) is 0 Å². The Bertz CT molecular complexity index is 3370. The van der Waals surface area contributed by atoms with Crippen LogP contribution in [0, 0.1) is 11.2 Å². The van der Waals surface area contributed by atoms with E-state index in [0.717, 1.165) is 81.8 Å². The van der Waals surface area contributed by atoms with Gasteiger partial charge < -0.3 is 30.5 Å². The van der Waals surface area contributed by atoms with Crippen molar-refractivity contribution in [1.29, 1.82) is 0 Å². The predicted octanol–water partition coefficient (Wildman–Crippen LogP) is 5.57. The highest BCUT2D eigenvalue weighted by Gasteiger charge is 2.39. The topological polar surface area (TPSA) is 200 Å². The Kier molecular flexibility index (Phi) is 12.1. The maximum Gasteiger partial charge on any atom is 0.416 e. The number of aryl methyl sites for hydroxylation is 2. The average Bonchev–Trinajstić information content (AvgIpc) is 3.97. The van der Waals surface area contributed by atoms with E-state index in [9.17, 15) is 46.6 Å². The van der Waals surface area contributed by atoms with Crippen LogP contribution in [-0.4, -0.2) is 88.5 Å². The van der Waals surface area contributed by atoms with E-state index in [0.29, 0.717) is 41.1 Å². The first-order chi connectivity index (χ1) is 33.9. The van der Waals surface area contributed by atoms with E-state index in [4.69, 9.17) is 5.73 Å². The van der Waals surface area contributed by atoms with Crippen molar-refractivity contribution in [3.05, 3.63) is 129 Å². The number of halogens is 4. The van der Waals surface area contributed by atoms with Crippen molar-refractivity contribution in [1.82, 2.24) is 38.3 Å². The molecular formula is C50H51F4N11O6. The number of piperidine rings is 3. The molecule has 0 bridgehead atoms. The molecule has 6 heterocycles. The largest absolute Gasteiger partial charge is 0.416 e. The van der Waals surface area contributed by atoms with Gasteiger partial charge in [-0.3, -0.25) is 28.8 Å². The Morgan fingerprint density at radius 2 is 1.58 bits per heavy atom. The summed E-state index contributed by atoms with van der Waals surface area (Å²) in [6.45, 7) is 3.96. The molecule has 7 aromatic rings. The Morgan fingerprint density at radius 1 is 0.873 bits per heavy atom. The minimum Gasteiger partial charge on any atom is -0.374 e. The molecule has 1 spiro atoms. The van der Waals surface area contributed by atoms with Crippen LogP contribution in [0.5, 0.6) is 0 Å². The van der Waals surface area contributed by atoms with Crippen LogP contribution < -0.4 is 32.6 Å². The third kappa shape index (κ3) is 8.82. The summed E-state index contributed by atoms with van der Waals surface area (Å²) in [7, 11) is 3.21. The zero-order chi connectivity index (χ0) is 50.1. The quantitative estimate of drug-likeness (QED) is 0.0764. The van der Waals surface area contributed by atoms with Gasteiger partial charge in [-0.2, -0.15) is 18.3 Å². The number of carbonyl (C=O) groups excluding carboxylic acids is 3. The summed E-state index contributed by atoms with van der Waals surface area (Å²) in [5.74, 6) is -2.54. The maximum atomic E-state index is 14.6. The number of likely N-dealkylation sites (tertiary alicyclic amines) is 1. The highest BCUT2D eigenvalue weighted by atomic mass is 19.4. The number of rotatable bonds is 10. The third-order valence-electron chi connectivity index (χ3n) is 14.7. The van der Waals surface area contributed by atoms with E-state index in [1.165, 1.54) is 33.3 Å². The zero-order valence-electron chi connectivity index (χ0n) is 38.9. The number of anilines is 2. The molecule has 3 fully saturated rings. The molecule has 3 saturated heterocycles. The van der Waals surface area contributed by atoms with Gasteiger partial charge in [-0.05, 0) is 123 Å². The predicted molar refractivity (Wildman–Crippen MR) is 256 cm³/mol. The van der Waals surface area contributed by atoms with Crippen LogP contribution in [-0.2, 0) is 36.4 Å². The molecule has 3 aliphatic rings. The summed E-state index contributed by atoms with van der Waals surface area (Å²) in [6, 6.07) is 18.8. The first-order valence-corrected chi connectivity index (χ1v) is 23.4. The number of imidazole rings is 1. The Labute approximate surface area is 402 Å². The molecule has 0 aliphatic carbocycles. The highest BCUT2D eigenvalue weighted by molar-refractivity contribution is 6.13. The molecule has 17 nitrogen and oxygen atoms in total. The number of benzene rings is 4. The van der Waals surface area contributed by atoms with Gasteiger partial charge in [0.15, 0.2) is 0 Å².